The van der Waals surface area contributed by atoms with Gasteiger partial charge < -0.3 is 5.32 Å². The van der Waals surface area contributed by atoms with Gasteiger partial charge >= 0.3 is 0 Å². The molecular formula is C17H16BrN5O. The molecular weight excluding hydrogens is 370 g/mol. The molecule has 0 unspecified atom stereocenters. The van der Waals surface area contributed by atoms with E-state index in [4.69, 9.17) is 5.26 Å². The summed E-state index contributed by atoms with van der Waals surface area (Å²) >= 11 is 3.45. The van der Waals surface area contributed by atoms with E-state index in [1.165, 1.54) is 0 Å². The van der Waals surface area contributed by atoms with Crippen LogP contribution in [0.2, 0.25) is 0 Å². The molecule has 0 aliphatic heterocycles. The zero-order chi connectivity index (χ0) is 17.1. The lowest BCUT2D eigenvalue weighted by Crippen LogP contribution is -2.42. The van der Waals surface area contributed by atoms with Gasteiger partial charge in [0.05, 0.1) is 11.8 Å². The summed E-state index contributed by atoms with van der Waals surface area (Å²) in [5.41, 5.74) is 1.60. The molecule has 0 bridgehead atoms. The minimum absolute atomic E-state index is 0.298. The van der Waals surface area contributed by atoms with Crippen LogP contribution in [0.15, 0.2) is 22.8 Å². The van der Waals surface area contributed by atoms with Crippen molar-refractivity contribution in [3.05, 3.63) is 39.8 Å². The molecule has 1 N–H and O–H groups in total. The van der Waals surface area contributed by atoms with Crippen LogP contribution in [0.4, 0.5) is 0 Å². The standard InChI is InChI=1S/C17H16BrN5O/c1-17(2,8-19)21-16(24)14-12-6-9-5-11(9)15(12)23(22-14)13-7-10(18)3-4-20-13/h3-4,7,9,11H,5-6H2,1-2H3,(H,21,24)/t9-,11-/m1/s1. The highest BCUT2D eigenvalue weighted by Gasteiger charge is 2.50. The molecule has 7 heteroatoms. The van der Waals surface area contributed by atoms with Gasteiger partial charge in [-0.2, -0.15) is 10.4 Å². The van der Waals surface area contributed by atoms with Gasteiger partial charge in [0, 0.05) is 22.2 Å². The Morgan fingerprint density at radius 1 is 1.54 bits per heavy atom. The molecule has 2 heterocycles. The number of aromatic nitrogens is 3. The van der Waals surface area contributed by atoms with Crippen LogP contribution in [-0.2, 0) is 6.42 Å². The van der Waals surface area contributed by atoms with Crippen LogP contribution in [-0.4, -0.2) is 26.2 Å². The molecule has 0 radical (unpaired) electrons. The summed E-state index contributed by atoms with van der Waals surface area (Å²) in [6.45, 7) is 3.35. The number of pyridine rings is 1. The van der Waals surface area contributed by atoms with Crippen LogP contribution in [0.25, 0.3) is 5.82 Å². The van der Waals surface area contributed by atoms with Gasteiger partial charge in [-0.1, -0.05) is 15.9 Å². The number of hydrogen-bond donors (Lipinski definition) is 1. The lowest BCUT2D eigenvalue weighted by molar-refractivity contribution is 0.0922. The Kier molecular flexibility index (Phi) is 3.29. The Balaban J connectivity index is 1.78. The summed E-state index contributed by atoms with van der Waals surface area (Å²) in [6, 6.07) is 5.84. The van der Waals surface area contributed by atoms with Crippen LogP contribution in [0.1, 0.15) is 47.9 Å². The zero-order valence-corrected chi connectivity index (χ0v) is 15.0. The number of rotatable bonds is 3. The van der Waals surface area contributed by atoms with Crippen LogP contribution in [0.5, 0.6) is 0 Å². The maximum atomic E-state index is 12.6. The van der Waals surface area contributed by atoms with Crippen LogP contribution in [0, 0.1) is 17.2 Å². The summed E-state index contributed by atoms with van der Waals surface area (Å²) < 4.78 is 2.71. The molecule has 122 valence electrons. The first-order chi connectivity index (χ1) is 11.4. The fourth-order valence-electron chi connectivity index (χ4n) is 3.35. The molecule has 6 nitrogen and oxygen atoms in total. The molecule has 2 aliphatic rings. The third-order valence-corrected chi connectivity index (χ3v) is 5.10. The number of amides is 1. The summed E-state index contributed by atoms with van der Waals surface area (Å²) in [5, 5.41) is 16.4. The maximum absolute atomic E-state index is 12.6. The SMILES string of the molecule is CC(C)(C#N)NC(=O)c1nn(-c2cc(Br)ccn2)c2c1C[C@H]1C[C@@H]21. The Morgan fingerprint density at radius 3 is 3.04 bits per heavy atom. The van der Waals surface area contributed by atoms with Crippen molar-refractivity contribution in [2.75, 3.05) is 0 Å². The first kappa shape index (κ1) is 15.3. The fraction of sp³-hybridized carbons (Fsp3) is 0.412. The third kappa shape index (κ3) is 2.42. The molecule has 4 rings (SSSR count). The van der Waals surface area contributed by atoms with Crippen molar-refractivity contribution in [1.29, 1.82) is 5.26 Å². The van der Waals surface area contributed by atoms with E-state index in [2.05, 4.69) is 37.4 Å². The largest absolute Gasteiger partial charge is 0.333 e. The summed E-state index contributed by atoms with van der Waals surface area (Å²) in [4.78, 5) is 17.0. The van der Waals surface area contributed by atoms with Gasteiger partial charge in [0.15, 0.2) is 11.5 Å². The summed E-state index contributed by atoms with van der Waals surface area (Å²) in [6.07, 6.45) is 3.74. The molecule has 2 aromatic heterocycles. The highest BCUT2D eigenvalue weighted by Crippen LogP contribution is 2.57. The minimum Gasteiger partial charge on any atom is -0.333 e. The molecule has 0 spiro atoms. The lowest BCUT2D eigenvalue weighted by Gasteiger charge is -2.16. The van der Waals surface area contributed by atoms with Crippen molar-refractivity contribution >= 4 is 21.8 Å². The normalized spacial score (nSPS) is 20.9. The second kappa shape index (κ2) is 5.15. The second-order valence-corrected chi connectivity index (χ2v) is 7.87. The van der Waals surface area contributed by atoms with Gasteiger partial charge in [0.2, 0.25) is 0 Å². The average Bonchev–Trinajstić information content (AvgIpc) is 3.03. The highest BCUT2D eigenvalue weighted by molar-refractivity contribution is 9.10. The van der Waals surface area contributed by atoms with E-state index in [0.717, 1.165) is 28.6 Å². The fourth-order valence-corrected chi connectivity index (χ4v) is 3.68. The molecule has 0 saturated heterocycles. The molecule has 0 aromatic carbocycles. The van der Waals surface area contributed by atoms with Crippen molar-refractivity contribution in [1.82, 2.24) is 20.1 Å². The third-order valence-electron chi connectivity index (χ3n) is 4.61. The Morgan fingerprint density at radius 2 is 2.33 bits per heavy atom. The molecule has 2 aromatic rings. The van der Waals surface area contributed by atoms with E-state index >= 15 is 0 Å². The predicted octanol–water partition coefficient (Wildman–Crippen LogP) is 2.72. The van der Waals surface area contributed by atoms with E-state index in [1.54, 1.807) is 24.7 Å². The monoisotopic (exact) mass is 385 g/mol. The van der Waals surface area contributed by atoms with Gasteiger partial charge in [-0.05, 0) is 44.7 Å². The molecule has 2 aliphatic carbocycles. The van der Waals surface area contributed by atoms with Crippen molar-refractivity contribution < 1.29 is 4.79 Å². The highest BCUT2D eigenvalue weighted by atomic mass is 79.9. The van der Waals surface area contributed by atoms with Crippen molar-refractivity contribution in [3.8, 4) is 11.9 Å². The van der Waals surface area contributed by atoms with Gasteiger partial charge in [0.1, 0.15) is 5.54 Å². The number of hydrogen-bond acceptors (Lipinski definition) is 4. The number of halogens is 1. The summed E-state index contributed by atoms with van der Waals surface area (Å²) in [5.74, 6) is 1.49. The molecule has 24 heavy (non-hydrogen) atoms. The average molecular weight is 386 g/mol. The Bertz CT molecular complexity index is 895. The quantitative estimate of drug-likeness (QED) is 0.879. The van der Waals surface area contributed by atoms with Crippen molar-refractivity contribution in [3.63, 3.8) is 0 Å². The van der Waals surface area contributed by atoms with E-state index in [1.807, 2.05) is 12.1 Å². The smallest absolute Gasteiger partial charge is 0.273 e. The number of carbonyl (C=O) groups excluding carboxylic acids is 1. The second-order valence-electron chi connectivity index (χ2n) is 6.95. The van der Waals surface area contributed by atoms with Gasteiger partial charge in [-0.25, -0.2) is 9.67 Å². The summed E-state index contributed by atoms with van der Waals surface area (Å²) in [7, 11) is 0. The molecule has 1 saturated carbocycles. The number of nitriles is 1. The van der Waals surface area contributed by atoms with E-state index < -0.39 is 5.54 Å². The Labute approximate surface area is 148 Å². The van der Waals surface area contributed by atoms with E-state index in [-0.39, 0.29) is 5.91 Å². The molecule has 2 atom stereocenters. The van der Waals surface area contributed by atoms with Crippen molar-refractivity contribution in [2.24, 2.45) is 5.92 Å². The van der Waals surface area contributed by atoms with Gasteiger partial charge in [-0.15, -0.1) is 0 Å². The number of carbonyl (C=O) groups is 1. The zero-order valence-electron chi connectivity index (χ0n) is 13.4. The minimum atomic E-state index is -0.927. The number of fused-ring (bicyclic) bond motifs is 3. The first-order valence-electron chi connectivity index (χ1n) is 7.87. The van der Waals surface area contributed by atoms with Crippen molar-refractivity contribution in [2.45, 2.75) is 38.1 Å². The van der Waals surface area contributed by atoms with E-state index in [9.17, 15) is 4.79 Å². The maximum Gasteiger partial charge on any atom is 0.273 e. The number of nitrogens with zero attached hydrogens (tertiary/aromatic N) is 4. The number of nitrogens with one attached hydrogen (secondary N) is 1. The van der Waals surface area contributed by atoms with Crippen LogP contribution >= 0.6 is 15.9 Å². The van der Waals surface area contributed by atoms with Gasteiger partial charge in [-0.3, -0.25) is 4.79 Å². The van der Waals surface area contributed by atoms with Crippen LogP contribution in [0.3, 0.4) is 0 Å². The first-order valence-corrected chi connectivity index (χ1v) is 8.66. The van der Waals surface area contributed by atoms with E-state index in [0.29, 0.717) is 23.3 Å². The van der Waals surface area contributed by atoms with Gasteiger partial charge in [0.25, 0.3) is 5.91 Å². The lowest BCUT2D eigenvalue weighted by atomic mass is 10.1. The topological polar surface area (TPSA) is 83.6 Å². The molecule has 1 fully saturated rings. The predicted molar refractivity (Wildman–Crippen MR) is 90.8 cm³/mol. The van der Waals surface area contributed by atoms with Crippen LogP contribution < -0.4 is 5.32 Å². The molecule has 1 amide bonds. The Hall–Kier alpha value is -2.20.